The summed E-state index contributed by atoms with van der Waals surface area (Å²) < 4.78 is 17.4. The monoisotopic (exact) mass is 255 g/mol. The molecule has 0 spiro atoms. The van der Waals surface area contributed by atoms with E-state index < -0.39 is 29.4 Å². The van der Waals surface area contributed by atoms with Crippen molar-refractivity contribution < 1.29 is 19.1 Å². The molecule has 18 heavy (non-hydrogen) atoms. The Labute approximate surface area is 112 Å². The van der Waals surface area contributed by atoms with Gasteiger partial charge in [0, 0.05) is 0 Å². The van der Waals surface area contributed by atoms with Gasteiger partial charge in [0.15, 0.2) is 0 Å². The van der Waals surface area contributed by atoms with Crippen molar-refractivity contribution in [3.63, 3.8) is 0 Å². The van der Waals surface area contributed by atoms with Crippen LogP contribution in [0.3, 0.4) is 0 Å². The SMILES string of the molecule is CC(C)(O)C(C)(C)OB1[B]OC(C)(C)C(C)(C)O1. The van der Waals surface area contributed by atoms with E-state index in [1.807, 2.05) is 41.5 Å². The third kappa shape index (κ3) is 3.10. The molecule has 0 amide bonds. The van der Waals surface area contributed by atoms with E-state index in [0.29, 0.717) is 0 Å². The first-order chi connectivity index (χ1) is 7.79. The maximum absolute atomic E-state index is 10.1. The lowest BCUT2D eigenvalue weighted by Gasteiger charge is -2.49. The predicted octanol–water partition coefficient (Wildman–Crippen LogP) is 1.76. The van der Waals surface area contributed by atoms with Gasteiger partial charge in [-0.3, -0.25) is 0 Å². The molecule has 103 valence electrons. The van der Waals surface area contributed by atoms with Crippen LogP contribution < -0.4 is 0 Å². The van der Waals surface area contributed by atoms with E-state index in [9.17, 15) is 5.11 Å². The van der Waals surface area contributed by atoms with E-state index in [0.717, 1.165) is 0 Å². The quantitative estimate of drug-likeness (QED) is 0.780. The van der Waals surface area contributed by atoms with Gasteiger partial charge in [0.05, 0.1) is 22.4 Å². The minimum atomic E-state index is -0.971. The van der Waals surface area contributed by atoms with Crippen LogP contribution in [0.25, 0.3) is 0 Å². The van der Waals surface area contributed by atoms with Gasteiger partial charge in [0.2, 0.25) is 0 Å². The highest BCUT2D eigenvalue weighted by Gasteiger charge is 2.50. The Hall–Kier alpha value is -0.0301. The van der Waals surface area contributed by atoms with Crippen LogP contribution in [0.5, 0.6) is 0 Å². The first kappa shape index (κ1) is 16.0. The summed E-state index contributed by atoms with van der Waals surface area (Å²) in [5, 5.41) is 10.1. The molecule has 1 fully saturated rings. The van der Waals surface area contributed by atoms with E-state index in [1.165, 1.54) is 0 Å². The van der Waals surface area contributed by atoms with Gasteiger partial charge in [0.1, 0.15) is 0 Å². The second kappa shape index (κ2) is 4.51. The fourth-order valence-electron chi connectivity index (χ4n) is 1.31. The van der Waals surface area contributed by atoms with Crippen molar-refractivity contribution in [3.05, 3.63) is 0 Å². The van der Waals surface area contributed by atoms with Crippen molar-refractivity contribution in [2.45, 2.75) is 77.8 Å². The Morgan fingerprint density at radius 1 is 1.06 bits per heavy atom. The molecule has 6 heteroatoms. The van der Waals surface area contributed by atoms with Crippen LogP contribution in [-0.4, -0.2) is 41.9 Å². The zero-order chi connectivity index (χ0) is 14.4. The fraction of sp³-hybridized carbons (Fsp3) is 1.00. The first-order valence-electron chi connectivity index (χ1n) is 6.38. The number of rotatable bonds is 3. The van der Waals surface area contributed by atoms with E-state index in [2.05, 4.69) is 0 Å². The molecule has 0 aromatic heterocycles. The number of hydrogen-bond acceptors (Lipinski definition) is 4. The molecule has 1 radical (unpaired) electrons. The molecule has 1 rings (SSSR count). The maximum Gasteiger partial charge on any atom is 0.439 e. The van der Waals surface area contributed by atoms with Crippen LogP contribution >= 0.6 is 0 Å². The molecule has 0 aromatic rings. The standard InChI is InChI=1S/C12H25B2O4/c1-9(2,15)10(3,4)17-14-13-16-11(5,6)12(7,8)18-14/h15H,1-8H3. The highest BCUT2D eigenvalue weighted by Crippen LogP contribution is 2.35. The molecule has 1 N–H and O–H groups in total. The minimum Gasteiger partial charge on any atom is -0.435 e. The van der Waals surface area contributed by atoms with Crippen LogP contribution in [0.4, 0.5) is 0 Å². The zero-order valence-corrected chi connectivity index (χ0v) is 12.8. The predicted molar refractivity (Wildman–Crippen MR) is 73.3 cm³/mol. The molecule has 1 heterocycles. The average molecular weight is 255 g/mol. The summed E-state index contributed by atoms with van der Waals surface area (Å²) in [6.45, 7) is 15.0. The summed E-state index contributed by atoms with van der Waals surface area (Å²) in [6.07, 6.45) is 0. The highest BCUT2D eigenvalue weighted by atomic mass is 16.6. The van der Waals surface area contributed by atoms with Crippen LogP contribution in [0.2, 0.25) is 0 Å². The lowest BCUT2D eigenvalue weighted by atomic mass is 9.52. The Morgan fingerprint density at radius 3 is 1.94 bits per heavy atom. The smallest absolute Gasteiger partial charge is 0.435 e. The number of aliphatic hydroxyl groups is 1. The van der Waals surface area contributed by atoms with E-state index >= 15 is 0 Å². The van der Waals surface area contributed by atoms with Gasteiger partial charge in [-0.05, 0) is 55.4 Å². The van der Waals surface area contributed by atoms with E-state index in [1.54, 1.807) is 21.2 Å². The topological polar surface area (TPSA) is 47.9 Å². The molecule has 1 aliphatic rings. The third-order valence-corrected chi connectivity index (χ3v) is 4.22. The Balaban J connectivity index is 2.73. The molecule has 0 atom stereocenters. The molecule has 0 aromatic carbocycles. The first-order valence-corrected chi connectivity index (χ1v) is 6.38. The van der Waals surface area contributed by atoms with Gasteiger partial charge in [-0.1, -0.05) is 0 Å². The molecule has 0 unspecified atom stereocenters. The lowest BCUT2D eigenvalue weighted by molar-refractivity contribution is -0.135. The van der Waals surface area contributed by atoms with Crippen LogP contribution in [0.1, 0.15) is 55.4 Å². The van der Waals surface area contributed by atoms with Crippen molar-refractivity contribution in [2.75, 3.05) is 0 Å². The average Bonchev–Trinajstić information content (AvgIpc) is 2.09. The van der Waals surface area contributed by atoms with E-state index in [-0.39, 0.29) is 0 Å². The Morgan fingerprint density at radius 2 is 1.56 bits per heavy atom. The Bertz CT molecular complexity index is 308. The van der Waals surface area contributed by atoms with Gasteiger partial charge in [-0.15, -0.1) is 0 Å². The van der Waals surface area contributed by atoms with Crippen molar-refractivity contribution in [2.24, 2.45) is 0 Å². The zero-order valence-electron chi connectivity index (χ0n) is 12.8. The van der Waals surface area contributed by atoms with Gasteiger partial charge in [-0.25, -0.2) is 0 Å². The van der Waals surface area contributed by atoms with Gasteiger partial charge < -0.3 is 19.1 Å². The van der Waals surface area contributed by atoms with Crippen molar-refractivity contribution in [1.29, 1.82) is 0 Å². The van der Waals surface area contributed by atoms with E-state index in [4.69, 9.17) is 14.0 Å². The van der Waals surface area contributed by atoms with Crippen molar-refractivity contribution in [1.82, 2.24) is 0 Å². The van der Waals surface area contributed by atoms with Crippen LogP contribution in [-0.2, 0) is 14.0 Å². The third-order valence-electron chi connectivity index (χ3n) is 4.22. The molecule has 0 bridgehead atoms. The molecular formula is C12H25B2O4. The largest absolute Gasteiger partial charge is 0.439 e. The van der Waals surface area contributed by atoms with Gasteiger partial charge in [0.25, 0.3) is 0 Å². The Kier molecular flexibility index (Phi) is 4.02. The van der Waals surface area contributed by atoms with Crippen LogP contribution in [0.15, 0.2) is 0 Å². The second-order valence-electron chi connectivity index (χ2n) is 6.95. The van der Waals surface area contributed by atoms with Gasteiger partial charge >= 0.3 is 14.4 Å². The summed E-state index contributed by atoms with van der Waals surface area (Å²) in [7, 11) is 0.966. The molecule has 1 saturated heterocycles. The summed E-state index contributed by atoms with van der Waals surface area (Å²) in [4.78, 5) is 0. The summed E-state index contributed by atoms with van der Waals surface area (Å²) in [6, 6.07) is 0. The van der Waals surface area contributed by atoms with Crippen molar-refractivity contribution in [3.8, 4) is 0 Å². The molecule has 0 aliphatic carbocycles. The molecule has 1 aliphatic heterocycles. The minimum absolute atomic E-state index is 0.411. The van der Waals surface area contributed by atoms with Crippen molar-refractivity contribution >= 4 is 14.4 Å². The second-order valence-corrected chi connectivity index (χ2v) is 6.95. The molecule has 4 nitrogen and oxygen atoms in total. The lowest BCUT2D eigenvalue weighted by Crippen LogP contribution is -2.63. The maximum atomic E-state index is 10.1. The van der Waals surface area contributed by atoms with Gasteiger partial charge in [-0.2, -0.15) is 0 Å². The summed E-state index contributed by atoms with van der Waals surface area (Å²) in [5.41, 5.74) is -2.59. The molecule has 0 saturated carbocycles. The summed E-state index contributed by atoms with van der Waals surface area (Å²) in [5.74, 6) is 0. The van der Waals surface area contributed by atoms with Crippen LogP contribution in [0, 0.1) is 0 Å². The fourth-order valence-corrected chi connectivity index (χ4v) is 1.31. The summed E-state index contributed by atoms with van der Waals surface area (Å²) >= 11 is 0. The normalized spacial score (nSPS) is 23.7. The highest BCUT2D eigenvalue weighted by molar-refractivity contribution is 7.03. The number of hydrogen-bond donors (Lipinski definition) is 1. The molecular weight excluding hydrogens is 230 g/mol.